The molecular formula is C16H18N2O2. The van der Waals surface area contributed by atoms with Gasteiger partial charge >= 0.3 is 5.97 Å². The van der Waals surface area contributed by atoms with Gasteiger partial charge in [-0.05, 0) is 31.4 Å². The first-order valence-corrected chi connectivity index (χ1v) is 7.06. The second kappa shape index (κ2) is 5.49. The minimum atomic E-state index is -0.289. The highest BCUT2D eigenvalue weighted by molar-refractivity contribution is 5.87. The Morgan fingerprint density at radius 1 is 1.35 bits per heavy atom. The van der Waals surface area contributed by atoms with Gasteiger partial charge in [-0.3, -0.25) is 4.68 Å². The molecular weight excluding hydrogens is 252 g/mol. The summed E-state index contributed by atoms with van der Waals surface area (Å²) < 4.78 is 6.88. The van der Waals surface area contributed by atoms with Crippen LogP contribution in [0.4, 0.5) is 0 Å². The molecule has 0 radical (unpaired) electrons. The largest absolute Gasteiger partial charge is 0.461 e. The predicted molar refractivity (Wildman–Crippen MR) is 75.7 cm³/mol. The van der Waals surface area contributed by atoms with Crippen LogP contribution < -0.4 is 0 Å². The van der Waals surface area contributed by atoms with Crippen LogP contribution in [0.15, 0.2) is 36.4 Å². The van der Waals surface area contributed by atoms with Gasteiger partial charge in [-0.25, -0.2) is 4.79 Å². The number of aromatic nitrogens is 2. The van der Waals surface area contributed by atoms with Gasteiger partial charge in [-0.2, -0.15) is 5.10 Å². The second-order valence-electron chi connectivity index (χ2n) is 5.09. The molecule has 0 unspecified atom stereocenters. The van der Waals surface area contributed by atoms with Crippen molar-refractivity contribution >= 4 is 5.97 Å². The molecule has 1 aliphatic carbocycles. The molecule has 2 aromatic rings. The molecule has 1 aliphatic rings. The number of carbonyl (C=O) groups excluding carboxylic acids is 1. The number of hydrogen-bond donors (Lipinski definition) is 0. The van der Waals surface area contributed by atoms with Gasteiger partial charge in [0.05, 0.1) is 18.8 Å². The number of rotatable bonds is 5. The van der Waals surface area contributed by atoms with Crippen molar-refractivity contribution in [2.24, 2.45) is 0 Å². The van der Waals surface area contributed by atoms with E-state index >= 15 is 0 Å². The molecule has 0 aliphatic heterocycles. The third kappa shape index (κ3) is 2.74. The zero-order valence-electron chi connectivity index (χ0n) is 11.6. The predicted octanol–water partition coefficient (Wildman–Crippen LogP) is 2.99. The van der Waals surface area contributed by atoms with Crippen LogP contribution in [0, 0.1) is 0 Å². The number of carbonyl (C=O) groups is 1. The highest BCUT2D eigenvalue weighted by Gasteiger charge is 2.29. The molecule has 4 nitrogen and oxygen atoms in total. The van der Waals surface area contributed by atoms with Gasteiger partial charge in [0.15, 0.2) is 0 Å². The fourth-order valence-corrected chi connectivity index (χ4v) is 2.26. The zero-order valence-corrected chi connectivity index (χ0v) is 11.6. The lowest BCUT2D eigenvalue weighted by Crippen LogP contribution is -2.14. The van der Waals surface area contributed by atoms with Crippen LogP contribution in [0.2, 0.25) is 0 Å². The Kier molecular flexibility index (Phi) is 3.54. The Labute approximate surface area is 118 Å². The minimum Gasteiger partial charge on any atom is -0.461 e. The molecule has 3 rings (SSSR count). The van der Waals surface area contributed by atoms with E-state index in [4.69, 9.17) is 4.74 Å². The third-order valence-corrected chi connectivity index (χ3v) is 3.45. The molecule has 1 aromatic carbocycles. The maximum absolute atomic E-state index is 12.0. The monoisotopic (exact) mass is 270 g/mol. The van der Waals surface area contributed by atoms with E-state index in [0.29, 0.717) is 24.8 Å². The molecule has 104 valence electrons. The average Bonchev–Trinajstić information content (AvgIpc) is 3.22. The number of hydrogen-bond acceptors (Lipinski definition) is 3. The number of ether oxygens (including phenoxy) is 1. The van der Waals surface area contributed by atoms with E-state index in [2.05, 4.69) is 5.10 Å². The zero-order chi connectivity index (χ0) is 13.9. The summed E-state index contributed by atoms with van der Waals surface area (Å²) in [6, 6.07) is 11.9. The van der Waals surface area contributed by atoms with Gasteiger partial charge in [0.1, 0.15) is 5.69 Å². The van der Waals surface area contributed by atoms with E-state index in [1.807, 2.05) is 43.3 Å². The summed E-state index contributed by atoms with van der Waals surface area (Å²) in [5.41, 5.74) is 2.70. The molecule has 4 heteroatoms. The van der Waals surface area contributed by atoms with E-state index in [9.17, 15) is 4.79 Å². The van der Waals surface area contributed by atoms with Crippen LogP contribution in [-0.4, -0.2) is 22.4 Å². The van der Waals surface area contributed by atoms with Crippen molar-refractivity contribution in [1.82, 2.24) is 9.78 Å². The van der Waals surface area contributed by atoms with Gasteiger partial charge in [0.25, 0.3) is 0 Å². The topological polar surface area (TPSA) is 44.1 Å². The fraction of sp³-hybridized carbons (Fsp3) is 0.375. The highest BCUT2D eigenvalue weighted by Crippen LogP contribution is 2.39. The Morgan fingerprint density at radius 2 is 2.10 bits per heavy atom. The van der Waals surface area contributed by atoms with Crippen LogP contribution in [0.3, 0.4) is 0 Å². The quantitative estimate of drug-likeness (QED) is 0.784. The maximum Gasteiger partial charge on any atom is 0.356 e. The molecule has 1 aromatic heterocycles. The third-order valence-electron chi connectivity index (χ3n) is 3.45. The maximum atomic E-state index is 12.0. The van der Waals surface area contributed by atoms with Crippen molar-refractivity contribution in [1.29, 1.82) is 0 Å². The molecule has 1 saturated carbocycles. The summed E-state index contributed by atoms with van der Waals surface area (Å²) in [6.45, 7) is 2.80. The minimum absolute atomic E-state index is 0.289. The van der Waals surface area contributed by atoms with Crippen molar-refractivity contribution in [2.75, 3.05) is 6.61 Å². The smallest absolute Gasteiger partial charge is 0.356 e. The first-order valence-electron chi connectivity index (χ1n) is 7.06. The van der Waals surface area contributed by atoms with Gasteiger partial charge < -0.3 is 4.74 Å². The van der Waals surface area contributed by atoms with Crippen molar-refractivity contribution in [3.63, 3.8) is 0 Å². The Bertz CT molecular complexity index is 600. The molecule has 0 amide bonds. The normalized spacial score (nSPS) is 14.2. The lowest BCUT2D eigenvalue weighted by atomic mass is 10.2. The van der Waals surface area contributed by atoms with Crippen LogP contribution in [0.5, 0.6) is 0 Å². The molecule has 20 heavy (non-hydrogen) atoms. The summed E-state index contributed by atoms with van der Waals surface area (Å²) >= 11 is 0. The molecule has 0 N–H and O–H groups in total. The summed E-state index contributed by atoms with van der Waals surface area (Å²) in [6.07, 6.45) is 2.34. The standard InChI is InChI=1S/C16H18N2O2/c1-2-20-16(19)15-10-14(13-8-9-13)17-18(15)11-12-6-4-3-5-7-12/h3-7,10,13H,2,8-9,11H2,1H3. The summed E-state index contributed by atoms with van der Waals surface area (Å²) in [7, 11) is 0. The summed E-state index contributed by atoms with van der Waals surface area (Å²) in [4.78, 5) is 12.0. The van der Waals surface area contributed by atoms with Crippen molar-refractivity contribution in [3.8, 4) is 0 Å². The van der Waals surface area contributed by atoms with Gasteiger partial charge in [0.2, 0.25) is 0 Å². The lowest BCUT2D eigenvalue weighted by molar-refractivity contribution is 0.0512. The average molecular weight is 270 g/mol. The second-order valence-corrected chi connectivity index (χ2v) is 5.09. The van der Waals surface area contributed by atoms with Gasteiger partial charge in [0, 0.05) is 5.92 Å². The van der Waals surface area contributed by atoms with E-state index in [1.165, 1.54) is 12.8 Å². The molecule has 0 spiro atoms. The molecule has 1 heterocycles. The SMILES string of the molecule is CCOC(=O)c1cc(C2CC2)nn1Cc1ccccc1. The van der Waals surface area contributed by atoms with E-state index in [1.54, 1.807) is 4.68 Å². The molecule has 0 saturated heterocycles. The van der Waals surface area contributed by atoms with Crippen molar-refractivity contribution < 1.29 is 9.53 Å². The Morgan fingerprint density at radius 3 is 2.75 bits per heavy atom. The Hall–Kier alpha value is -2.10. The van der Waals surface area contributed by atoms with E-state index < -0.39 is 0 Å². The van der Waals surface area contributed by atoms with E-state index in [-0.39, 0.29) is 5.97 Å². The Balaban J connectivity index is 1.89. The summed E-state index contributed by atoms with van der Waals surface area (Å²) in [5.74, 6) is 0.239. The first kappa shape index (κ1) is 12.9. The highest BCUT2D eigenvalue weighted by atomic mass is 16.5. The van der Waals surface area contributed by atoms with Gasteiger partial charge in [-0.1, -0.05) is 30.3 Å². The van der Waals surface area contributed by atoms with Crippen LogP contribution in [-0.2, 0) is 11.3 Å². The van der Waals surface area contributed by atoms with Crippen molar-refractivity contribution in [2.45, 2.75) is 32.2 Å². The molecule has 0 bridgehead atoms. The first-order chi connectivity index (χ1) is 9.78. The van der Waals surface area contributed by atoms with E-state index in [0.717, 1.165) is 11.3 Å². The summed E-state index contributed by atoms with van der Waals surface area (Å²) in [5, 5.41) is 4.59. The van der Waals surface area contributed by atoms with Gasteiger partial charge in [-0.15, -0.1) is 0 Å². The lowest BCUT2D eigenvalue weighted by Gasteiger charge is -2.06. The molecule has 1 fully saturated rings. The van der Waals surface area contributed by atoms with Crippen LogP contribution >= 0.6 is 0 Å². The van der Waals surface area contributed by atoms with Crippen LogP contribution in [0.25, 0.3) is 0 Å². The fourth-order valence-electron chi connectivity index (χ4n) is 2.26. The number of esters is 1. The number of benzene rings is 1. The molecule has 0 atom stereocenters. The number of nitrogens with zero attached hydrogens (tertiary/aromatic N) is 2. The van der Waals surface area contributed by atoms with Crippen molar-refractivity contribution in [3.05, 3.63) is 53.3 Å². The van der Waals surface area contributed by atoms with Crippen LogP contribution in [0.1, 0.15) is 47.4 Å².